The number of halogens is 3. The van der Waals surface area contributed by atoms with Crippen LogP contribution in [-0.2, 0) is 4.74 Å². The van der Waals surface area contributed by atoms with Crippen LogP contribution in [0.25, 0.3) is 0 Å². The minimum absolute atomic E-state index is 0.165. The SMILES string of the molecule is COC(=O)c1cc([B-](F)(F)F)cc(C=O)c1C. The number of carbonyl (C=O) groups is 2. The Bertz CT molecular complexity index is 469. The Balaban J connectivity index is 3.49. The summed E-state index contributed by atoms with van der Waals surface area (Å²) in [7, 11) is 1.06. The van der Waals surface area contributed by atoms with E-state index < -0.39 is 18.4 Å². The summed E-state index contributed by atoms with van der Waals surface area (Å²) < 4.78 is 42.1. The van der Waals surface area contributed by atoms with E-state index in [0.29, 0.717) is 6.07 Å². The van der Waals surface area contributed by atoms with Gasteiger partial charge in [-0.3, -0.25) is 4.79 Å². The molecule has 0 aliphatic carbocycles. The molecule has 1 rings (SSSR count). The molecular weight excluding hydrogens is 236 g/mol. The summed E-state index contributed by atoms with van der Waals surface area (Å²) in [5.74, 6) is -0.896. The predicted molar refractivity (Wildman–Crippen MR) is 56.6 cm³/mol. The number of hydrogen-bond donors (Lipinski definition) is 0. The van der Waals surface area contributed by atoms with Crippen LogP contribution in [0, 0.1) is 6.92 Å². The van der Waals surface area contributed by atoms with Crippen molar-refractivity contribution >= 4 is 24.7 Å². The fraction of sp³-hybridized carbons (Fsp3) is 0.200. The van der Waals surface area contributed by atoms with E-state index in [2.05, 4.69) is 4.74 Å². The normalized spacial score (nSPS) is 11.1. The second kappa shape index (κ2) is 4.61. The van der Waals surface area contributed by atoms with Crippen molar-refractivity contribution < 1.29 is 27.3 Å². The Morgan fingerprint density at radius 1 is 1.35 bits per heavy atom. The van der Waals surface area contributed by atoms with Crippen molar-refractivity contribution in [2.75, 3.05) is 7.11 Å². The predicted octanol–water partition coefficient (Wildman–Crippen LogP) is 1.65. The number of ether oxygens (including phenoxy) is 1. The van der Waals surface area contributed by atoms with Gasteiger partial charge in [-0.1, -0.05) is 12.1 Å². The molecule has 0 atom stereocenters. The molecule has 0 aliphatic heterocycles. The molecule has 0 fully saturated rings. The highest BCUT2D eigenvalue weighted by molar-refractivity contribution is 6.73. The average molecular weight is 245 g/mol. The number of methoxy groups -OCH3 is 1. The van der Waals surface area contributed by atoms with E-state index in [1.165, 1.54) is 6.92 Å². The fourth-order valence-corrected chi connectivity index (χ4v) is 1.39. The first-order valence-corrected chi connectivity index (χ1v) is 4.69. The zero-order chi connectivity index (χ0) is 13.2. The number of rotatable bonds is 3. The lowest BCUT2D eigenvalue weighted by Gasteiger charge is -2.18. The number of carbonyl (C=O) groups excluding carboxylic acids is 2. The summed E-state index contributed by atoms with van der Waals surface area (Å²) in [6.07, 6.45) is 0.285. The van der Waals surface area contributed by atoms with E-state index in [4.69, 9.17) is 0 Å². The highest BCUT2D eigenvalue weighted by atomic mass is 19.4. The van der Waals surface area contributed by atoms with Gasteiger partial charge in [0.05, 0.1) is 12.7 Å². The van der Waals surface area contributed by atoms with Crippen LogP contribution in [0.15, 0.2) is 12.1 Å². The molecule has 1 aromatic rings. The molecule has 0 radical (unpaired) electrons. The first-order valence-electron chi connectivity index (χ1n) is 4.69. The van der Waals surface area contributed by atoms with Crippen LogP contribution in [-0.4, -0.2) is 26.3 Å². The van der Waals surface area contributed by atoms with Crippen LogP contribution in [0.1, 0.15) is 26.3 Å². The van der Waals surface area contributed by atoms with Gasteiger partial charge >= 0.3 is 12.9 Å². The standard InChI is InChI=1S/C10H9BF3O3/c1-6-7(5-15)3-8(11(12,13)14)4-9(6)10(16)17-2/h3-5H,1-2H3/q-1. The molecule has 0 bridgehead atoms. The molecule has 7 heteroatoms. The molecule has 0 saturated heterocycles. The molecule has 0 unspecified atom stereocenters. The van der Waals surface area contributed by atoms with Gasteiger partial charge < -0.3 is 17.7 Å². The smallest absolute Gasteiger partial charge is 0.465 e. The summed E-state index contributed by atoms with van der Waals surface area (Å²) in [6, 6.07) is 1.43. The third kappa shape index (κ3) is 2.66. The van der Waals surface area contributed by atoms with Crippen molar-refractivity contribution in [3.05, 3.63) is 28.8 Å². The number of esters is 1. The van der Waals surface area contributed by atoms with Gasteiger partial charge in [0.25, 0.3) is 0 Å². The van der Waals surface area contributed by atoms with Gasteiger partial charge in [-0.2, -0.15) is 0 Å². The fourth-order valence-electron chi connectivity index (χ4n) is 1.39. The Kier molecular flexibility index (Phi) is 3.60. The van der Waals surface area contributed by atoms with Gasteiger partial charge in [-0.15, -0.1) is 5.46 Å². The summed E-state index contributed by atoms with van der Waals surface area (Å²) in [5, 5.41) is 0. The van der Waals surface area contributed by atoms with Crippen LogP contribution in [0.2, 0.25) is 0 Å². The second-order valence-electron chi connectivity index (χ2n) is 3.47. The third-order valence-corrected chi connectivity index (χ3v) is 2.38. The maximum Gasteiger partial charge on any atom is 0.509 e. The lowest BCUT2D eigenvalue weighted by Crippen LogP contribution is -2.35. The van der Waals surface area contributed by atoms with E-state index in [1.807, 2.05) is 0 Å². The van der Waals surface area contributed by atoms with E-state index in [0.717, 1.165) is 13.2 Å². The molecule has 1 aromatic carbocycles. The summed E-state index contributed by atoms with van der Waals surface area (Å²) in [4.78, 5) is 21.9. The summed E-state index contributed by atoms with van der Waals surface area (Å²) in [5.41, 5.74) is -1.22. The van der Waals surface area contributed by atoms with E-state index in [-0.39, 0.29) is 23.0 Å². The Labute approximate surface area is 95.6 Å². The molecule has 0 spiro atoms. The molecule has 3 nitrogen and oxygen atoms in total. The topological polar surface area (TPSA) is 43.4 Å². The lowest BCUT2D eigenvalue weighted by atomic mass is 9.77. The maximum absolute atomic E-state index is 12.6. The quantitative estimate of drug-likeness (QED) is 0.462. The zero-order valence-electron chi connectivity index (χ0n) is 9.17. The minimum atomic E-state index is -5.27. The highest BCUT2D eigenvalue weighted by Gasteiger charge is 2.28. The van der Waals surface area contributed by atoms with Crippen LogP contribution < -0.4 is 5.46 Å². The Hall–Kier alpha value is -1.79. The molecule has 0 aliphatic rings. The highest BCUT2D eigenvalue weighted by Crippen LogP contribution is 2.17. The zero-order valence-corrected chi connectivity index (χ0v) is 9.17. The Morgan fingerprint density at radius 3 is 2.35 bits per heavy atom. The molecule has 17 heavy (non-hydrogen) atoms. The molecule has 0 saturated carbocycles. The summed E-state index contributed by atoms with van der Waals surface area (Å²) >= 11 is 0. The molecule has 0 heterocycles. The van der Waals surface area contributed by atoms with Crippen molar-refractivity contribution in [1.29, 1.82) is 0 Å². The van der Waals surface area contributed by atoms with Crippen molar-refractivity contribution in [1.82, 2.24) is 0 Å². The van der Waals surface area contributed by atoms with Gasteiger partial charge in [0.15, 0.2) is 0 Å². The number of hydrogen-bond acceptors (Lipinski definition) is 3. The van der Waals surface area contributed by atoms with Crippen molar-refractivity contribution in [3.63, 3.8) is 0 Å². The van der Waals surface area contributed by atoms with E-state index >= 15 is 0 Å². The average Bonchev–Trinajstić information content (AvgIpc) is 2.26. The molecular formula is C10H9BF3O3-. The third-order valence-electron chi connectivity index (χ3n) is 2.38. The monoisotopic (exact) mass is 245 g/mol. The van der Waals surface area contributed by atoms with Gasteiger partial charge in [-0.25, -0.2) is 4.79 Å². The molecule has 0 aromatic heterocycles. The van der Waals surface area contributed by atoms with Gasteiger partial charge in [0.1, 0.15) is 6.29 Å². The molecule has 0 amide bonds. The van der Waals surface area contributed by atoms with Crippen LogP contribution in [0.3, 0.4) is 0 Å². The second-order valence-corrected chi connectivity index (χ2v) is 3.47. The van der Waals surface area contributed by atoms with Crippen molar-refractivity contribution in [2.45, 2.75) is 6.92 Å². The minimum Gasteiger partial charge on any atom is -0.465 e. The Morgan fingerprint density at radius 2 is 1.94 bits per heavy atom. The van der Waals surface area contributed by atoms with E-state index in [1.54, 1.807) is 0 Å². The van der Waals surface area contributed by atoms with Crippen LogP contribution >= 0.6 is 0 Å². The van der Waals surface area contributed by atoms with Crippen molar-refractivity contribution in [3.8, 4) is 0 Å². The lowest BCUT2D eigenvalue weighted by molar-refractivity contribution is 0.0600. The van der Waals surface area contributed by atoms with E-state index in [9.17, 15) is 22.5 Å². The summed E-state index contributed by atoms with van der Waals surface area (Å²) in [6.45, 7) is -3.87. The van der Waals surface area contributed by atoms with Gasteiger partial charge in [0, 0.05) is 5.56 Å². The van der Waals surface area contributed by atoms with Gasteiger partial charge in [-0.05, 0) is 12.5 Å². The first kappa shape index (κ1) is 13.3. The van der Waals surface area contributed by atoms with Crippen molar-refractivity contribution in [2.24, 2.45) is 0 Å². The largest absolute Gasteiger partial charge is 0.509 e. The first-order chi connectivity index (χ1) is 7.81. The maximum atomic E-state index is 12.6. The van der Waals surface area contributed by atoms with Crippen LogP contribution in [0.4, 0.5) is 12.9 Å². The molecule has 0 N–H and O–H groups in total. The molecule has 92 valence electrons. The van der Waals surface area contributed by atoms with Gasteiger partial charge in [0.2, 0.25) is 0 Å². The van der Waals surface area contributed by atoms with Crippen LogP contribution in [0.5, 0.6) is 0 Å². The number of aldehydes is 1. The number of benzene rings is 1.